The van der Waals surface area contributed by atoms with Gasteiger partial charge in [0.2, 0.25) is 0 Å². The fourth-order valence-electron chi connectivity index (χ4n) is 4.10. The van der Waals surface area contributed by atoms with Gasteiger partial charge in [-0.2, -0.15) is 0 Å². The van der Waals surface area contributed by atoms with Crippen LogP contribution < -0.4 is 21.3 Å². The predicted octanol–water partition coefficient (Wildman–Crippen LogP) is 3.54. The molecule has 0 aromatic heterocycles. The van der Waals surface area contributed by atoms with Crippen molar-refractivity contribution < 1.29 is 14.3 Å². The Hall–Kier alpha value is -3.39. The highest BCUT2D eigenvalue weighted by Crippen LogP contribution is 2.29. The smallest absolute Gasteiger partial charge is 0.257 e. The van der Waals surface area contributed by atoms with Gasteiger partial charge in [-0.05, 0) is 67.1 Å². The van der Waals surface area contributed by atoms with Crippen LogP contribution in [0.1, 0.15) is 65.3 Å². The maximum Gasteiger partial charge on any atom is 0.257 e. The molecule has 0 aliphatic carbocycles. The fourth-order valence-corrected chi connectivity index (χ4v) is 4.10. The van der Waals surface area contributed by atoms with Crippen molar-refractivity contribution >= 4 is 29.1 Å². The van der Waals surface area contributed by atoms with Gasteiger partial charge in [-0.3, -0.25) is 19.9 Å². The average molecular weight is 464 g/mol. The summed E-state index contributed by atoms with van der Waals surface area (Å²) in [5.74, 6) is 0.458. The van der Waals surface area contributed by atoms with Gasteiger partial charge < -0.3 is 20.7 Å². The summed E-state index contributed by atoms with van der Waals surface area (Å²) >= 11 is 0. The number of aliphatic imine (C=N–C) groups is 1. The summed E-state index contributed by atoms with van der Waals surface area (Å²) in [6, 6.07) is 13.2. The first-order valence-electron chi connectivity index (χ1n) is 12.0. The molecule has 0 bridgehead atoms. The van der Waals surface area contributed by atoms with Crippen LogP contribution in [0.4, 0.5) is 11.4 Å². The molecule has 0 unspecified atom stereocenters. The van der Waals surface area contributed by atoms with E-state index >= 15 is 0 Å². The third kappa shape index (κ3) is 6.14. The number of carbonyl (C=O) groups is 2. The number of benzene rings is 2. The number of hydrogen-bond acceptors (Lipinski definition) is 6. The number of anilines is 2. The highest BCUT2D eigenvalue weighted by Gasteiger charge is 2.18. The third-order valence-electron chi connectivity index (χ3n) is 6.03. The minimum absolute atomic E-state index is 0.0779. The Morgan fingerprint density at radius 3 is 2.59 bits per heavy atom. The first kappa shape index (κ1) is 23.8. The maximum atomic E-state index is 12.7. The number of nitrogens with zero attached hydrogens (tertiary/aromatic N) is 1. The number of guanidine groups is 1. The molecule has 8 nitrogen and oxygen atoms in total. The SMILES string of the molecule is CC(C)c1cc(C(=O)NC2=NCCCN2)ccc1Nc1cccc(C(=O)NC2CCOCC2)c1. The standard InChI is InChI=1S/C26H33N5O3/c1-17(2)22-16-19(25(33)31-26-27-11-4-12-28-26)7-8-23(22)29-21-6-3-5-18(15-21)24(32)30-20-9-13-34-14-10-20/h3,5-8,15-17,20,29H,4,9-14H2,1-2H3,(H,30,32)(H2,27,28,31,33). The number of hydrogen-bond donors (Lipinski definition) is 4. The van der Waals surface area contributed by atoms with E-state index in [4.69, 9.17) is 4.74 Å². The normalized spacial score (nSPS) is 16.4. The van der Waals surface area contributed by atoms with Crippen LogP contribution in [0.25, 0.3) is 0 Å². The molecular weight excluding hydrogens is 430 g/mol. The topological polar surface area (TPSA) is 104 Å². The van der Waals surface area contributed by atoms with Crippen molar-refractivity contribution in [2.24, 2.45) is 4.99 Å². The molecule has 0 atom stereocenters. The van der Waals surface area contributed by atoms with Gasteiger partial charge in [0.1, 0.15) is 0 Å². The van der Waals surface area contributed by atoms with E-state index in [1.807, 2.05) is 36.4 Å². The average Bonchev–Trinajstić information content (AvgIpc) is 2.85. The Morgan fingerprint density at radius 2 is 1.85 bits per heavy atom. The van der Waals surface area contributed by atoms with Crippen molar-refractivity contribution in [2.45, 2.75) is 45.1 Å². The zero-order valence-electron chi connectivity index (χ0n) is 19.8. The maximum absolute atomic E-state index is 12.7. The zero-order valence-corrected chi connectivity index (χ0v) is 19.8. The molecule has 2 heterocycles. The summed E-state index contributed by atoms with van der Waals surface area (Å²) in [7, 11) is 0. The number of nitrogens with one attached hydrogen (secondary N) is 4. The van der Waals surface area contributed by atoms with Crippen LogP contribution >= 0.6 is 0 Å². The van der Waals surface area contributed by atoms with Gasteiger partial charge in [-0.15, -0.1) is 0 Å². The molecule has 2 aliphatic heterocycles. The molecular formula is C26H33N5O3. The lowest BCUT2D eigenvalue weighted by Gasteiger charge is -2.23. The molecule has 2 aromatic carbocycles. The van der Waals surface area contributed by atoms with Gasteiger partial charge >= 0.3 is 0 Å². The van der Waals surface area contributed by atoms with Crippen molar-refractivity contribution in [3.05, 3.63) is 59.2 Å². The zero-order chi connectivity index (χ0) is 23.9. The lowest BCUT2D eigenvalue weighted by atomic mass is 9.98. The molecule has 2 amide bonds. The van der Waals surface area contributed by atoms with Crippen LogP contribution in [0.3, 0.4) is 0 Å². The largest absolute Gasteiger partial charge is 0.381 e. The van der Waals surface area contributed by atoms with Crippen LogP contribution in [-0.2, 0) is 4.74 Å². The second kappa shape index (κ2) is 11.2. The quantitative estimate of drug-likeness (QED) is 0.525. The van der Waals surface area contributed by atoms with Gasteiger partial charge in [0.05, 0.1) is 0 Å². The second-order valence-electron chi connectivity index (χ2n) is 8.99. The molecule has 34 heavy (non-hydrogen) atoms. The number of ether oxygens (including phenoxy) is 1. The van der Waals surface area contributed by atoms with Gasteiger partial charge in [0.15, 0.2) is 5.96 Å². The number of amides is 2. The molecule has 2 aliphatic rings. The molecule has 8 heteroatoms. The predicted molar refractivity (Wildman–Crippen MR) is 134 cm³/mol. The molecule has 0 radical (unpaired) electrons. The van der Waals surface area contributed by atoms with Crippen LogP contribution in [0, 0.1) is 0 Å². The minimum atomic E-state index is -0.187. The monoisotopic (exact) mass is 463 g/mol. The second-order valence-corrected chi connectivity index (χ2v) is 8.99. The van der Waals surface area contributed by atoms with Gasteiger partial charge in [-0.1, -0.05) is 19.9 Å². The molecule has 0 saturated carbocycles. The Bertz CT molecular complexity index is 1060. The summed E-state index contributed by atoms with van der Waals surface area (Å²) in [6.45, 7) is 7.08. The summed E-state index contributed by atoms with van der Waals surface area (Å²) < 4.78 is 5.37. The van der Waals surface area contributed by atoms with Crippen molar-refractivity contribution in [3.8, 4) is 0 Å². The molecule has 1 saturated heterocycles. The third-order valence-corrected chi connectivity index (χ3v) is 6.03. The van der Waals surface area contributed by atoms with E-state index in [0.29, 0.717) is 30.3 Å². The fraction of sp³-hybridized carbons (Fsp3) is 0.423. The van der Waals surface area contributed by atoms with E-state index in [1.165, 1.54) is 0 Å². The van der Waals surface area contributed by atoms with Gasteiger partial charge in [-0.25, -0.2) is 0 Å². The molecule has 0 spiro atoms. The van der Waals surface area contributed by atoms with E-state index in [9.17, 15) is 9.59 Å². The molecule has 1 fully saturated rings. The van der Waals surface area contributed by atoms with Crippen LogP contribution in [0.15, 0.2) is 47.5 Å². The molecule has 4 rings (SSSR count). The van der Waals surface area contributed by atoms with E-state index < -0.39 is 0 Å². The lowest BCUT2D eigenvalue weighted by molar-refractivity contribution is 0.0696. The first-order valence-corrected chi connectivity index (χ1v) is 12.0. The summed E-state index contributed by atoms with van der Waals surface area (Å²) in [5.41, 5.74) is 3.93. The Labute approximate surface area is 200 Å². The van der Waals surface area contributed by atoms with Crippen molar-refractivity contribution in [3.63, 3.8) is 0 Å². The number of carbonyl (C=O) groups excluding carboxylic acids is 2. The van der Waals surface area contributed by atoms with E-state index in [0.717, 1.165) is 49.3 Å². The molecule has 180 valence electrons. The molecule has 2 aromatic rings. The van der Waals surface area contributed by atoms with Gasteiger partial charge in [0, 0.05) is 54.8 Å². The molecule has 4 N–H and O–H groups in total. The van der Waals surface area contributed by atoms with E-state index in [-0.39, 0.29) is 23.8 Å². The Kier molecular flexibility index (Phi) is 7.80. The Balaban J connectivity index is 1.47. The van der Waals surface area contributed by atoms with Crippen LogP contribution in [0.2, 0.25) is 0 Å². The highest BCUT2D eigenvalue weighted by molar-refractivity contribution is 6.06. The Morgan fingerprint density at radius 1 is 1.06 bits per heavy atom. The minimum Gasteiger partial charge on any atom is -0.381 e. The van der Waals surface area contributed by atoms with E-state index in [1.54, 1.807) is 6.07 Å². The van der Waals surface area contributed by atoms with Crippen molar-refractivity contribution in [1.82, 2.24) is 16.0 Å². The van der Waals surface area contributed by atoms with Crippen molar-refractivity contribution in [2.75, 3.05) is 31.6 Å². The van der Waals surface area contributed by atoms with E-state index in [2.05, 4.69) is 40.1 Å². The highest BCUT2D eigenvalue weighted by atomic mass is 16.5. The summed E-state index contributed by atoms with van der Waals surface area (Å²) in [6.07, 6.45) is 2.64. The summed E-state index contributed by atoms with van der Waals surface area (Å²) in [5, 5.41) is 12.5. The van der Waals surface area contributed by atoms with Crippen LogP contribution in [-0.4, -0.2) is 50.1 Å². The summed E-state index contributed by atoms with van der Waals surface area (Å²) in [4.78, 5) is 29.8. The van der Waals surface area contributed by atoms with Gasteiger partial charge in [0.25, 0.3) is 11.8 Å². The number of rotatable bonds is 6. The van der Waals surface area contributed by atoms with Crippen LogP contribution in [0.5, 0.6) is 0 Å². The lowest BCUT2D eigenvalue weighted by Crippen LogP contribution is -2.43. The van der Waals surface area contributed by atoms with Crippen molar-refractivity contribution in [1.29, 1.82) is 0 Å². The first-order chi connectivity index (χ1) is 16.5.